The molecule has 1 aromatic heterocycles. The molecule has 0 spiro atoms. The summed E-state index contributed by atoms with van der Waals surface area (Å²) >= 11 is 0. The van der Waals surface area contributed by atoms with E-state index in [-0.39, 0.29) is 0 Å². The number of aromatic nitrogens is 2. The third-order valence-electron chi connectivity index (χ3n) is 2.18. The van der Waals surface area contributed by atoms with Gasteiger partial charge in [-0.25, -0.2) is 0 Å². The van der Waals surface area contributed by atoms with E-state index in [0.29, 0.717) is 38.0 Å². The lowest BCUT2D eigenvalue weighted by Crippen LogP contribution is -2.30. The first kappa shape index (κ1) is 14.1. The first-order valence-corrected chi connectivity index (χ1v) is 5.98. The van der Waals surface area contributed by atoms with Gasteiger partial charge in [0, 0.05) is 13.2 Å². The summed E-state index contributed by atoms with van der Waals surface area (Å²) in [4.78, 5) is 4.04. The highest BCUT2D eigenvalue weighted by Crippen LogP contribution is 1.95. The van der Waals surface area contributed by atoms with E-state index in [4.69, 9.17) is 9.26 Å². The molecule has 0 aromatic carbocycles. The summed E-state index contributed by atoms with van der Waals surface area (Å²) in [5.41, 5.74) is 0. The molecule has 0 bridgehead atoms. The van der Waals surface area contributed by atoms with Crippen molar-refractivity contribution in [2.45, 2.75) is 39.3 Å². The largest absolute Gasteiger partial charge is 0.389 e. The number of hydrogen-bond acceptors (Lipinski definition) is 6. The smallest absolute Gasteiger partial charge is 0.240 e. The lowest BCUT2D eigenvalue weighted by molar-refractivity contribution is 0.0355. The average molecular weight is 243 g/mol. The van der Waals surface area contributed by atoms with E-state index in [2.05, 4.69) is 22.4 Å². The van der Waals surface area contributed by atoms with Crippen molar-refractivity contribution < 1.29 is 14.4 Å². The first-order valence-electron chi connectivity index (χ1n) is 5.98. The van der Waals surface area contributed by atoms with Crippen LogP contribution in [-0.2, 0) is 11.3 Å². The number of aliphatic hydroxyl groups is 1. The van der Waals surface area contributed by atoms with Gasteiger partial charge in [0.05, 0.1) is 19.3 Å². The molecule has 0 amide bonds. The van der Waals surface area contributed by atoms with Crippen LogP contribution in [0.3, 0.4) is 0 Å². The molecule has 6 nitrogen and oxygen atoms in total. The van der Waals surface area contributed by atoms with E-state index >= 15 is 0 Å². The van der Waals surface area contributed by atoms with Crippen molar-refractivity contribution in [1.29, 1.82) is 0 Å². The van der Waals surface area contributed by atoms with Gasteiger partial charge < -0.3 is 19.7 Å². The molecule has 0 fully saturated rings. The Morgan fingerprint density at radius 2 is 2.35 bits per heavy atom. The van der Waals surface area contributed by atoms with Crippen molar-refractivity contribution in [3.8, 4) is 0 Å². The maximum absolute atomic E-state index is 9.58. The Hall–Kier alpha value is -0.980. The summed E-state index contributed by atoms with van der Waals surface area (Å²) in [5, 5.41) is 16.3. The molecule has 0 saturated heterocycles. The van der Waals surface area contributed by atoms with E-state index in [0.717, 1.165) is 12.8 Å². The van der Waals surface area contributed by atoms with Crippen LogP contribution < -0.4 is 5.32 Å². The summed E-state index contributed by atoms with van der Waals surface area (Å²) in [7, 11) is 0. The minimum atomic E-state index is -0.504. The van der Waals surface area contributed by atoms with Crippen molar-refractivity contribution in [2.24, 2.45) is 0 Å². The van der Waals surface area contributed by atoms with Crippen molar-refractivity contribution in [1.82, 2.24) is 15.5 Å². The van der Waals surface area contributed by atoms with Gasteiger partial charge in [-0.15, -0.1) is 0 Å². The van der Waals surface area contributed by atoms with E-state index in [1.54, 1.807) is 6.92 Å². The number of rotatable bonds is 9. The molecule has 1 unspecified atom stereocenters. The van der Waals surface area contributed by atoms with Gasteiger partial charge in [-0.05, 0) is 13.3 Å². The monoisotopic (exact) mass is 243 g/mol. The molecule has 17 heavy (non-hydrogen) atoms. The van der Waals surface area contributed by atoms with E-state index < -0.39 is 6.10 Å². The third kappa shape index (κ3) is 6.35. The number of nitrogens with one attached hydrogen (secondary N) is 1. The van der Waals surface area contributed by atoms with Gasteiger partial charge in [-0.2, -0.15) is 4.98 Å². The van der Waals surface area contributed by atoms with Crippen LogP contribution in [-0.4, -0.2) is 41.1 Å². The lowest BCUT2D eigenvalue weighted by Gasteiger charge is -2.11. The van der Waals surface area contributed by atoms with Gasteiger partial charge in [0.25, 0.3) is 0 Å². The maximum atomic E-state index is 9.58. The molecule has 0 aliphatic carbocycles. The second-order valence-electron chi connectivity index (χ2n) is 3.95. The predicted molar refractivity (Wildman–Crippen MR) is 62.5 cm³/mol. The Bertz CT molecular complexity index is 304. The third-order valence-corrected chi connectivity index (χ3v) is 2.18. The standard InChI is InChI=1S/C11H21N3O3/c1-3-4-5-16-8-10(15)6-12-7-11-13-9(2)14-17-11/h10,12,15H,3-8H2,1-2H3. The molecule has 1 rings (SSSR count). The molecule has 0 aliphatic rings. The van der Waals surface area contributed by atoms with Crippen molar-refractivity contribution in [3.63, 3.8) is 0 Å². The molecule has 6 heteroatoms. The summed E-state index contributed by atoms with van der Waals surface area (Å²) in [6.45, 7) is 5.85. The van der Waals surface area contributed by atoms with Crippen LogP contribution in [0.1, 0.15) is 31.5 Å². The zero-order valence-electron chi connectivity index (χ0n) is 10.5. The van der Waals surface area contributed by atoms with Gasteiger partial charge in [-0.1, -0.05) is 18.5 Å². The molecule has 0 radical (unpaired) electrons. The van der Waals surface area contributed by atoms with Crippen LogP contribution in [0.2, 0.25) is 0 Å². The summed E-state index contributed by atoms with van der Waals surface area (Å²) in [6, 6.07) is 0. The zero-order chi connectivity index (χ0) is 12.5. The molecule has 1 heterocycles. The predicted octanol–water partition coefficient (Wildman–Crippen LogP) is 0.645. The minimum absolute atomic E-state index is 0.357. The van der Waals surface area contributed by atoms with E-state index in [9.17, 15) is 5.11 Å². The molecule has 0 aliphatic heterocycles. The fourth-order valence-electron chi connectivity index (χ4n) is 1.28. The quantitative estimate of drug-likeness (QED) is 0.620. The van der Waals surface area contributed by atoms with Crippen LogP contribution in [0.5, 0.6) is 0 Å². The topological polar surface area (TPSA) is 80.4 Å². The van der Waals surface area contributed by atoms with Gasteiger partial charge in [-0.3, -0.25) is 0 Å². The van der Waals surface area contributed by atoms with Gasteiger partial charge in [0.15, 0.2) is 5.82 Å². The van der Waals surface area contributed by atoms with Gasteiger partial charge in [0.2, 0.25) is 5.89 Å². The Morgan fingerprint density at radius 3 is 3.00 bits per heavy atom. The number of aryl methyl sites for hydroxylation is 1. The Morgan fingerprint density at radius 1 is 1.53 bits per heavy atom. The van der Waals surface area contributed by atoms with Crippen LogP contribution in [0.4, 0.5) is 0 Å². The fourth-order valence-corrected chi connectivity index (χ4v) is 1.28. The molecule has 1 atom stereocenters. The molecular formula is C11H21N3O3. The summed E-state index contributed by atoms with van der Waals surface area (Å²) in [6.07, 6.45) is 1.63. The summed E-state index contributed by atoms with van der Waals surface area (Å²) < 4.78 is 10.2. The highest BCUT2D eigenvalue weighted by Gasteiger charge is 2.06. The van der Waals surface area contributed by atoms with E-state index in [1.165, 1.54) is 0 Å². The second-order valence-corrected chi connectivity index (χ2v) is 3.95. The van der Waals surface area contributed by atoms with E-state index in [1.807, 2.05) is 0 Å². The highest BCUT2D eigenvalue weighted by molar-refractivity contribution is 4.81. The van der Waals surface area contributed by atoms with Crippen LogP contribution in [0.15, 0.2) is 4.52 Å². The number of unbranched alkanes of at least 4 members (excludes halogenated alkanes) is 1. The van der Waals surface area contributed by atoms with Crippen molar-refractivity contribution in [2.75, 3.05) is 19.8 Å². The van der Waals surface area contributed by atoms with Gasteiger partial charge in [0.1, 0.15) is 0 Å². The SMILES string of the molecule is CCCCOCC(O)CNCc1nc(C)no1. The maximum Gasteiger partial charge on any atom is 0.240 e. The molecule has 98 valence electrons. The highest BCUT2D eigenvalue weighted by atomic mass is 16.5. The van der Waals surface area contributed by atoms with Crippen molar-refractivity contribution >= 4 is 0 Å². The minimum Gasteiger partial charge on any atom is -0.389 e. The number of nitrogens with zero attached hydrogens (tertiary/aromatic N) is 2. The van der Waals surface area contributed by atoms with Gasteiger partial charge >= 0.3 is 0 Å². The molecular weight excluding hydrogens is 222 g/mol. The van der Waals surface area contributed by atoms with Crippen LogP contribution in [0.25, 0.3) is 0 Å². The van der Waals surface area contributed by atoms with Crippen LogP contribution in [0, 0.1) is 6.92 Å². The molecule has 1 aromatic rings. The Kier molecular flexibility index (Phi) is 6.76. The van der Waals surface area contributed by atoms with Crippen molar-refractivity contribution in [3.05, 3.63) is 11.7 Å². The number of hydrogen-bond donors (Lipinski definition) is 2. The lowest BCUT2D eigenvalue weighted by atomic mass is 10.3. The normalized spacial score (nSPS) is 12.9. The average Bonchev–Trinajstić information content (AvgIpc) is 2.71. The summed E-state index contributed by atoms with van der Waals surface area (Å²) in [5.74, 6) is 1.15. The second kappa shape index (κ2) is 8.16. The number of aliphatic hydroxyl groups excluding tert-OH is 1. The Balaban J connectivity index is 2.02. The fraction of sp³-hybridized carbons (Fsp3) is 0.818. The zero-order valence-corrected chi connectivity index (χ0v) is 10.5. The Labute approximate surface area is 101 Å². The molecule has 0 saturated carbocycles. The first-order chi connectivity index (χ1) is 8.22. The van der Waals surface area contributed by atoms with Crippen LogP contribution >= 0.6 is 0 Å². The molecule has 2 N–H and O–H groups in total. The number of ether oxygens (including phenoxy) is 1.